The smallest absolute Gasteiger partial charge is 0.240 e. The Labute approximate surface area is 182 Å². The van der Waals surface area contributed by atoms with Crippen molar-refractivity contribution in [2.24, 2.45) is 23.7 Å². The average Bonchev–Trinajstić information content (AvgIpc) is 3.43. The normalized spacial score (nSPS) is 27.5. The van der Waals surface area contributed by atoms with E-state index in [1.807, 2.05) is 6.92 Å². The molecule has 2 bridgehead atoms. The predicted octanol–water partition coefficient (Wildman–Crippen LogP) is 5.72. The van der Waals surface area contributed by atoms with Gasteiger partial charge in [-0.2, -0.15) is 0 Å². The molecule has 0 N–H and O–H groups in total. The Morgan fingerprint density at radius 1 is 1.03 bits per heavy atom. The molecule has 1 saturated heterocycles. The minimum absolute atomic E-state index is 0.0357. The van der Waals surface area contributed by atoms with Crippen LogP contribution in [0.25, 0.3) is 11.3 Å². The van der Waals surface area contributed by atoms with Crippen LogP contribution in [-0.2, 0) is 9.59 Å². The molecular weight excluding hydrogens is 392 g/mol. The zero-order valence-electron chi connectivity index (χ0n) is 18.2. The standard InChI is InChI=1S/C25H28N2O2S/c1-12(2)15-6-8-16(9-7-15)22-14(5)30-25(26-22)27-23(28)20-17-10-11-18(19(17)13(3)4)21(20)24(27)29/h6-9,12,17-18,20-21H,10-11H2,1-5H3/t17-,18+,20+,21-. The van der Waals surface area contributed by atoms with Crippen LogP contribution in [0, 0.1) is 30.6 Å². The van der Waals surface area contributed by atoms with Gasteiger partial charge in [0.2, 0.25) is 11.8 Å². The fourth-order valence-electron chi connectivity index (χ4n) is 5.95. The summed E-state index contributed by atoms with van der Waals surface area (Å²) in [4.78, 5) is 34.0. The first-order chi connectivity index (χ1) is 14.3. The van der Waals surface area contributed by atoms with Crippen LogP contribution >= 0.6 is 11.3 Å². The molecule has 2 amide bonds. The first-order valence-corrected chi connectivity index (χ1v) is 11.7. The lowest BCUT2D eigenvalue weighted by Crippen LogP contribution is -2.33. The largest absolute Gasteiger partial charge is 0.274 e. The number of nitrogens with zero attached hydrogens (tertiary/aromatic N) is 2. The number of hydrogen-bond donors (Lipinski definition) is 0. The Balaban J connectivity index is 1.48. The van der Waals surface area contributed by atoms with E-state index in [4.69, 9.17) is 4.98 Å². The molecule has 4 atom stereocenters. The zero-order valence-corrected chi connectivity index (χ0v) is 19.0. The van der Waals surface area contributed by atoms with Gasteiger partial charge in [-0.3, -0.25) is 9.59 Å². The average molecular weight is 421 g/mol. The molecule has 5 rings (SSSR count). The molecule has 0 radical (unpaired) electrons. The highest BCUT2D eigenvalue weighted by Crippen LogP contribution is 2.60. The van der Waals surface area contributed by atoms with Gasteiger partial charge in [-0.25, -0.2) is 9.88 Å². The number of hydrogen-bond acceptors (Lipinski definition) is 4. The number of thiazole rings is 1. The maximum Gasteiger partial charge on any atom is 0.240 e. The Hall–Kier alpha value is -2.27. The number of aromatic nitrogens is 1. The molecule has 3 aliphatic rings. The van der Waals surface area contributed by atoms with Crippen molar-refractivity contribution in [1.82, 2.24) is 4.98 Å². The minimum atomic E-state index is -0.181. The van der Waals surface area contributed by atoms with Crippen molar-refractivity contribution in [1.29, 1.82) is 0 Å². The van der Waals surface area contributed by atoms with Gasteiger partial charge in [-0.05, 0) is 56.9 Å². The summed E-state index contributed by atoms with van der Waals surface area (Å²) in [6.45, 7) is 10.6. The topological polar surface area (TPSA) is 50.3 Å². The molecule has 3 fully saturated rings. The van der Waals surface area contributed by atoms with Crippen LogP contribution in [0.1, 0.15) is 56.9 Å². The fourth-order valence-corrected chi connectivity index (χ4v) is 6.89. The first-order valence-electron chi connectivity index (χ1n) is 10.9. The Morgan fingerprint density at radius 2 is 1.60 bits per heavy atom. The van der Waals surface area contributed by atoms with Gasteiger partial charge in [0.05, 0.1) is 17.5 Å². The first kappa shape index (κ1) is 19.7. The highest BCUT2D eigenvalue weighted by atomic mass is 32.1. The van der Waals surface area contributed by atoms with Crippen LogP contribution in [0.4, 0.5) is 5.13 Å². The Bertz CT molecular complexity index is 1040. The van der Waals surface area contributed by atoms with E-state index in [2.05, 4.69) is 52.0 Å². The van der Waals surface area contributed by atoms with Crippen molar-refractivity contribution >= 4 is 28.3 Å². The highest BCUT2D eigenvalue weighted by Gasteiger charge is 2.64. The van der Waals surface area contributed by atoms with E-state index in [1.54, 1.807) is 0 Å². The number of fused-ring (bicyclic) bond motifs is 5. The van der Waals surface area contributed by atoms with Gasteiger partial charge in [-0.1, -0.05) is 49.3 Å². The number of imide groups is 1. The van der Waals surface area contributed by atoms with E-state index in [9.17, 15) is 9.59 Å². The number of anilines is 1. The predicted molar refractivity (Wildman–Crippen MR) is 120 cm³/mol. The second kappa shape index (κ2) is 6.88. The van der Waals surface area contributed by atoms with E-state index >= 15 is 0 Å². The third-order valence-electron chi connectivity index (χ3n) is 7.26. The second-order valence-corrected chi connectivity index (χ2v) is 10.7. The molecule has 30 heavy (non-hydrogen) atoms. The van der Waals surface area contributed by atoms with E-state index < -0.39 is 0 Å². The van der Waals surface area contributed by atoms with Gasteiger partial charge in [0.1, 0.15) is 0 Å². The molecule has 2 aliphatic carbocycles. The zero-order chi connectivity index (χ0) is 21.3. The lowest BCUT2D eigenvalue weighted by molar-refractivity contribution is -0.123. The van der Waals surface area contributed by atoms with Crippen LogP contribution in [0.2, 0.25) is 0 Å². The maximum absolute atomic E-state index is 13.4. The molecule has 5 heteroatoms. The molecule has 1 aromatic carbocycles. The molecule has 0 spiro atoms. The Morgan fingerprint density at radius 3 is 2.10 bits per heavy atom. The molecule has 156 valence electrons. The number of amides is 2. The summed E-state index contributed by atoms with van der Waals surface area (Å²) in [5, 5.41) is 0.540. The van der Waals surface area contributed by atoms with Gasteiger partial charge >= 0.3 is 0 Å². The van der Waals surface area contributed by atoms with Crippen molar-refractivity contribution in [2.75, 3.05) is 4.90 Å². The Kier molecular flexibility index (Phi) is 4.51. The molecule has 4 nitrogen and oxygen atoms in total. The summed E-state index contributed by atoms with van der Waals surface area (Å²) in [5.74, 6) is 0.536. The molecule has 1 aliphatic heterocycles. The lowest BCUT2D eigenvalue weighted by atomic mass is 9.81. The van der Waals surface area contributed by atoms with E-state index in [1.165, 1.54) is 32.9 Å². The SMILES string of the molecule is CC(C)=C1[C@H]2CC[C@@H]1[C@H]1C(=O)N(c3nc(-c4ccc(C(C)C)cc4)c(C)s3)C(=O)[C@H]12. The van der Waals surface area contributed by atoms with Crippen molar-refractivity contribution in [3.05, 3.63) is 45.9 Å². The van der Waals surface area contributed by atoms with E-state index in [-0.39, 0.29) is 35.5 Å². The number of allylic oxidation sites excluding steroid dienone is 2. The summed E-state index contributed by atoms with van der Waals surface area (Å²) in [7, 11) is 0. The monoisotopic (exact) mass is 420 g/mol. The van der Waals surface area contributed by atoms with Crippen molar-refractivity contribution < 1.29 is 9.59 Å². The molecule has 1 aromatic heterocycles. The number of carbonyl (C=O) groups excluding carboxylic acids is 2. The van der Waals surface area contributed by atoms with Crippen LogP contribution in [0.15, 0.2) is 35.4 Å². The minimum Gasteiger partial charge on any atom is -0.274 e. The van der Waals surface area contributed by atoms with Crippen LogP contribution in [-0.4, -0.2) is 16.8 Å². The summed E-state index contributed by atoms with van der Waals surface area (Å²) in [6, 6.07) is 8.44. The van der Waals surface area contributed by atoms with Crippen LogP contribution in [0.3, 0.4) is 0 Å². The van der Waals surface area contributed by atoms with Crippen molar-refractivity contribution in [3.63, 3.8) is 0 Å². The quantitative estimate of drug-likeness (QED) is 0.471. The van der Waals surface area contributed by atoms with Crippen LogP contribution in [0.5, 0.6) is 0 Å². The molecule has 2 heterocycles. The second-order valence-electron chi connectivity index (χ2n) is 9.49. The summed E-state index contributed by atoms with van der Waals surface area (Å²) >= 11 is 1.45. The number of rotatable bonds is 3. The number of benzene rings is 1. The van der Waals surface area contributed by atoms with Gasteiger partial charge in [0.25, 0.3) is 0 Å². The maximum atomic E-state index is 13.4. The van der Waals surface area contributed by atoms with Gasteiger partial charge < -0.3 is 0 Å². The van der Waals surface area contributed by atoms with Gasteiger partial charge in [-0.15, -0.1) is 11.3 Å². The summed E-state index contributed by atoms with van der Waals surface area (Å²) in [6.07, 6.45) is 2.06. The van der Waals surface area contributed by atoms with Crippen molar-refractivity contribution in [2.45, 2.75) is 53.4 Å². The molecular formula is C25H28N2O2S. The third kappa shape index (κ3) is 2.67. The number of aryl methyl sites for hydroxylation is 1. The van der Waals surface area contributed by atoms with Gasteiger partial charge in [0.15, 0.2) is 5.13 Å². The molecule has 0 unspecified atom stereocenters. The van der Waals surface area contributed by atoms with Gasteiger partial charge in [0, 0.05) is 10.4 Å². The third-order valence-corrected chi connectivity index (χ3v) is 8.21. The van der Waals surface area contributed by atoms with Crippen LogP contribution < -0.4 is 4.90 Å². The van der Waals surface area contributed by atoms with E-state index in [0.29, 0.717) is 11.0 Å². The highest BCUT2D eigenvalue weighted by molar-refractivity contribution is 7.16. The van der Waals surface area contributed by atoms with Crippen molar-refractivity contribution in [3.8, 4) is 11.3 Å². The fraction of sp³-hybridized carbons (Fsp3) is 0.480. The van der Waals surface area contributed by atoms with E-state index in [0.717, 1.165) is 29.0 Å². The number of carbonyl (C=O) groups is 2. The lowest BCUT2D eigenvalue weighted by Gasteiger charge is -2.18. The summed E-state index contributed by atoms with van der Waals surface area (Å²) in [5.41, 5.74) is 5.87. The molecule has 2 aromatic rings. The molecule has 2 saturated carbocycles. The summed E-state index contributed by atoms with van der Waals surface area (Å²) < 4.78 is 0.